The van der Waals surface area contributed by atoms with E-state index in [1.807, 2.05) is 0 Å². The molecule has 1 unspecified atom stereocenters. The largest absolute Gasteiger partial charge is 0.417 e. The lowest BCUT2D eigenvalue weighted by molar-refractivity contribution is -0.122. The second-order valence-corrected chi connectivity index (χ2v) is 14.5. The summed E-state index contributed by atoms with van der Waals surface area (Å²) in [6.45, 7) is 17.0. The number of carbonyl (C=O) groups is 1. The zero-order valence-corrected chi connectivity index (χ0v) is 16.8. The van der Waals surface area contributed by atoms with Gasteiger partial charge in [0.05, 0.1) is 0 Å². The third kappa shape index (κ3) is 2.84. The third-order valence-corrected chi connectivity index (χ3v) is 12.0. The summed E-state index contributed by atoms with van der Waals surface area (Å²) in [7, 11) is -1.63. The maximum absolute atomic E-state index is 12.3. The predicted octanol–water partition coefficient (Wildman–Crippen LogP) is 5.57. The molecular formula is C19H36O2Si. The molecule has 0 aromatic carbocycles. The number of hydrogen-bond donors (Lipinski definition) is 0. The standard InChI is InChI=1S/C19H36O2Si/c1-15-16(20)14-18(5)10-8-11-19(15,18)12-9-13-21-22(6,7)17(2,3)4/h15H,8-14H2,1-7H3/t15?,18-,19-/m1/s1. The Morgan fingerprint density at radius 3 is 2.50 bits per heavy atom. The van der Waals surface area contributed by atoms with Crippen molar-refractivity contribution in [2.75, 3.05) is 6.61 Å². The Morgan fingerprint density at radius 2 is 1.91 bits per heavy atom. The highest BCUT2D eigenvalue weighted by molar-refractivity contribution is 6.74. The fraction of sp³-hybridized carbons (Fsp3) is 0.947. The first-order valence-electron chi connectivity index (χ1n) is 9.12. The first-order chi connectivity index (χ1) is 9.95. The van der Waals surface area contributed by atoms with Crippen LogP contribution in [0, 0.1) is 16.7 Å². The summed E-state index contributed by atoms with van der Waals surface area (Å²) in [6, 6.07) is 0. The molecule has 2 aliphatic rings. The van der Waals surface area contributed by atoms with Crippen molar-refractivity contribution in [1.29, 1.82) is 0 Å². The van der Waals surface area contributed by atoms with Crippen molar-refractivity contribution in [3.8, 4) is 0 Å². The van der Waals surface area contributed by atoms with Crippen molar-refractivity contribution < 1.29 is 9.22 Å². The minimum Gasteiger partial charge on any atom is -0.417 e. The second-order valence-electron chi connectivity index (χ2n) is 9.65. The van der Waals surface area contributed by atoms with E-state index >= 15 is 0 Å². The molecule has 0 radical (unpaired) electrons. The van der Waals surface area contributed by atoms with Crippen molar-refractivity contribution in [3.63, 3.8) is 0 Å². The van der Waals surface area contributed by atoms with Crippen molar-refractivity contribution in [1.82, 2.24) is 0 Å². The van der Waals surface area contributed by atoms with Crippen LogP contribution in [-0.2, 0) is 9.22 Å². The predicted molar refractivity (Wildman–Crippen MR) is 95.6 cm³/mol. The Bertz CT molecular complexity index is 437. The summed E-state index contributed by atoms with van der Waals surface area (Å²) in [5.74, 6) is 0.764. The number of fused-ring (bicyclic) bond motifs is 1. The van der Waals surface area contributed by atoms with Crippen LogP contribution in [0.4, 0.5) is 0 Å². The van der Waals surface area contributed by atoms with E-state index in [-0.39, 0.29) is 21.8 Å². The minimum absolute atomic E-state index is 0.257. The van der Waals surface area contributed by atoms with Gasteiger partial charge in [0.15, 0.2) is 8.32 Å². The van der Waals surface area contributed by atoms with Gasteiger partial charge in [0.1, 0.15) is 5.78 Å². The normalized spacial score (nSPS) is 36.0. The van der Waals surface area contributed by atoms with Crippen LogP contribution in [0.15, 0.2) is 0 Å². The molecule has 128 valence electrons. The van der Waals surface area contributed by atoms with E-state index in [2.05, 4.69) is 47.7 Å². The van der Waals surface area contributed by atoms with Crippen LogP contribution in [-0.4, -0.2) is 20.7 Å². The van der Waals surface area contributed by atoms with Crippen LogP contribution in [0.3, 0.4) is 0 Å². The lowest BCUT2D eigenvalue weighted by Gasteiger charge is -2.41. The van der Waals surface area contributed by atoms with Gasteiger partial charge in [-0.25, -0.2) is 0 Å². The van der Waals surface area contributed by atoms with E-state index in [1.165, 1.54) is 25.7 Å². The Morgan fingerprint density at radius 1 is 1.27 bits per heavy atom. The molecule has 2 fully saturated rings. The van der Waals surface area contributed by atoms with E-state index in [4.69, 9.17) is 4.43 Å². The fourth-order valence-corrected chi connectivity index (χ4v) is 5.86. The van der Waals surface area contributed by atoms with E-state index in [0.29, 0.717) is 5.78 Å². The van der Waals surface area contributed by atoms with Crippen molar-refractivity contribution >= 4 is 14.1 Å². The first kappa shape index (κ1) is 18.2. The number of carbonyl (C=O) groups excluding carboxylic acids is 1. The molecule has 2 nitrogen and oxygen atoms in total. The van der Waals surface area contributed by atoms with E-state index in [9.17, 15) is 4.79 Å². The van der Waals surface area contributed by atoms with E-state index < -0.39 is 8.32 Å². The van der Waals surface area contributed by atoms with Gasteiger partial charge in [-0.3, -0.25) is 4.79 Å². The zero-order valence-electron chi connectivity index (χ0n) is 15.8. The fourth-order valence-electron chi connectivity index (χ4n) is 4.77. The summed E-state index contributed by atoms with van der Waals surface area (Å²) in [5, 5.41) is 0.282. The zero-order chi connectivity index (χ0) is 16.8. The van der Waals surface area contributed by atoms with Crippen LogP contribution in [0.2, 0.25) is 18.1 Å². The Hall–Kier alpha value is -0.153. The van der Waals surface area contributed by atoms with Crippen molar-refractivity contribution in [3.05, 3.63) is 0 Å². The summed E-state index contributed by atoms with van der Waals surface area (Å²) in [6.07, 6.45) is 6.89. The Kier molecular flexibility index (Phi) is 4.74. The highest BCUT2D eigenvalue weighted by atomic mass is 28.4. The number of ketones is 1. The summed E-state index contributed by atoms with van der Waals surface area (Å²) < 4.78 is 6.35. The number of Topliss-reactive ketones (excluding diaryl/α,β-unsaturated/α-hetero) is 1. The van der Waals surface area contributed by atoms with Gasteiger partial charge in [0.25, 0.3) is 0 Å². The summed E-state index contributed by atoms with van der Waals surface area (Å²) in [5.41, 5.74) is 0.529. The number of hydrogen-bond acceptors (Lipinski definition) is 2. The highest BCUT2D eigenvalue weighted by Gasteiger charge is 2.61. The first-order valence-corrected chi connectivity index (χ1v) is 12.0. The summed E-state index contributed by atoms with van der Waals surface area (Å²) in [4.78, 5) is 12.3. The van der Waals surface area contributed by atoms with Gasteiger partial charge in [-0.15, -0.1) is 0 Å². The average Bonchev–Trinajstić information content (AvgIpc) is 2.77. The van der Waals surface area contributed by atoms with Crippen LogP contribution in [0.5, 0.6) is 0 Å². The maximum Gasteiger partial charge on any atom is 0.191 e. The molecule has 0 bridgehead atoms. The van der Waals surface area contributed by atoms with Crippen LogP contribution in [0.1, 0.15) is 73.1 Å². The smallest absolute Gasteiger partial charge is 0.191 e. The summed E-state index contributed by atoms with van der Waals surface area (Å²) >= 11 is 0. The van der Waals surface area contributed by atoms with Crippen molar-refractivity contribution in [2.45, 2.75) is 91.3 Å². The molecule has 2 rings (SSSR count). The van der Waals surface area contributed by atoms with Crippen LogP contribution < -0.4 is 0 Å². The lowest BCUT2D eigenvalue weighted by atomic mass is 9.63. The van der Waals surface area contributed by atoms with Gasteiger partial charge >= 0.3 is 0 Å². The maximum atomic E-state index is 12.3. The molecule has 0 aliphatic heterocycles. The SMILES string of the molecule is CC1C(=O)C[C@@]2(C)CCC[C@@]12CCCO[Si](C)(C)C(C)(C)C. The molecule has 2 aliphatic carbocycles. The molecule has 0 aromatic rings. The number of rotatable bonds is 5. The molecule has 3 atom stereocenters. The molecule has 0 N–H and O–H groups in total. The van der Waals surface area contributed by atoms with Gasteiger partial charge in [-0.05, 0) is 54.6 Å². The topological polar surface area (TPSA) is 26.3 Å². The molecule has 0 saturated heterocycles. The molecular weight excluding hydrogens is 288 g/mol. The van der Waals surface area contributed by atoms with Crippen LogP contribution >= 0.6 is 0 Å². The molecule has 0 spiro atoms. The second kappa shape index (κ2) is 5.73. The molecule has 2 saturated carbocycles. The van der Waals surface area contributed by atoms with E-state index in [0.717, 1.165) is 19.4 Å². The van der Waals surface area contributed by atoms with Gasteiger partial charge in [-0.1, -0.05) is 41.0 Å². The minimum atomic E-state index is -1.63. The van der Waals surface area contributed by atoms with Crippen molar-refractivity contribution in [2.24, 2.45) is 16.7 Å². The Balaban J connectivity index is 1.95. The third-order valence-electron chi connectivity index (χ3n) is 7.47. The van der Waals surface area contributed by atoms with E-state index in [1.54, 1.807) is 0 Å². The Labute approximate surface area is 138 Å². The van der Waals surface area contributed by atoms with Gasteiger partial charge in [-0.2, -0.15) is 0 Å². The van der Waals surface area contributed by atoms with Crippen LogP contribution in [0.25, 0.3) is 0 Å². The molecule has 0 amide bonds. The van der Waals surface area contributed by atoms with Gasteiger partial charge in [0.2, 0.25) is 0 Å². The molecule has 3 heteroatoms. The quantitative estimate of drug-likeness (QED) is 0.488. The lowest BCUT2D eigenvalue weighted by Crippen LogP contribution is -2.41. The monoisotopic (exact) mass is 324 g/mol. The molecule has 22 heavy (non-hydrogen) atoms. The van der Waals surface area contributed by atoms with Gasteiger partial charge in [0, 0.05) is 18.9 Å². The highest BCUT2D eigenvalue weighted by Crippen LogP contribution is 2.65. The van der Waals surface area contributed by atoms with Gasteiger partial charge < -0.3 is 4.43 Å². The molecule has 0 aromatic heterocycles. The molecule has 0 heterocycles. The average molecular weight is 325 g/mol.